The summed E-state index contributed by atoms with van der Waals surface area (Å²) in [5.41, 5.74) is 13.7. The zero-order chi connectivity index (χ0) is 33.4. The monoisotopic (exact) mass is 639 g/mol. The van der Waals surface area contributed by atoms with Crippen molar-refractivity contribution in [2.45, 2.75) is 19.3 Å². The Morgan fingerprint density at radius 1 is 0.500 bits per heavy atom. The molecule has 0 radical (unpaired) electrons. The number of hydrogen-bond donors (Lipinski definition) is 0. The van der Waals surface area contributed by atoms with Crippen LogP contribution in [0, 0.1) is 0 Å². The van der Waals surface area contributed by atoms with Gasteiger partial charge in [0.15, 0.2) is 5.82 Å². The fraction of sp³-hybridized carbons (Fsp3) is 0.0638. The Hall–Kier alpha value is -6.32. The van der Waals surface area contributed by atoms with E-state index in [0.717, 1.165) is 33.8 Å². The number of hydrogen-bond acceptors (Lipinski definition) is 2. The van der Waals surface area contributed by atoms with Gasteiger partial charge in [0, 0.05) is 44.1 Å². The van der Waals surface area contributed by atoms with Crippen molar-refractivity contribution in [2.75, 3.05) is 0 Å². The number of aromatic nitrogens is 3. The molecule has 2 heterocycles. The molecule has 0 fully saturated rings. The minimum atomic E-state index is -0.118. The van der Waals surface area contributed by atoms with E-state index in [2.05, 4.69) is 158 Å². The lowest BCUT2D eigenvalue weighted by molar-refractivity contribution is 0.645. The molecule has 10 rings (SSSR count). The molecule has 3 heteroatoms. The van der Waals surface area contributed by atoms with Gasteiger partial charge >= 0.3 is 0 Å². The second-order valence-corrected chi connectivity index (χ2v) is 13.8. The van der Waals surface area contributed by atoms with Crippen molar-refractivity contribution >= 4 is 32.6 Å². The molecule has 0 spiro atoms. The number of rotatable bonds is 4. The molecule has 0 aliphatic heterocycles. The van der Waals surface area contributed by atoms with Crippen LogP contribution >= 0.6 is 0 Å². The molecular weight excluding hydrogens is 607 g/mol. The van der Waals surface area contributed by atoms with Crippen molar-refractivity contribution in [2.24, 2.45) is 0 Å². The highest BCUT2D eigenvalue weighted by Crippen LogP contribution is 2.52. The van der Waals surface area contributed by atoms with Gasteiger partial charge in [0.25, 0.3) is 0 Å². The maximum absolute atomic E-state index is 5.17. The van der Waals surface area contributed by atoms with Crippen LogP contribution in [0.5, 0.6) is 0 Å². The van der Waals surface area contributed by atoms with Crippen LogP contribution in [0.15, 0.2) is 164 Å². The molecule has 0 amide bonds. The molecule has 1 aliphatic rings. The van der Waals surface area contributed by atoms with E-state index in [0.29, 0.717) is 5.82 Å². The number of nitrogens with zero attached hydrogens (tertiary/aromatic N) is 3. The molecule has 2 aromatic heterocycles. The highest BCUT2D eigenvalue weighted by Gasteiger charge is 2.35. The van der Waals surface area contributed by atoms with Crippen LogP contribution in [-0.4, -0.2) is 14.5 Å². The van der Waals surface area contributed by atoms with Crippen molar-refractivity contribution in [3.63, 3.8) is 0 Å². The average Bonchev–Trinajstić information content (AvgIpc) is 3.51. The van der Waals surface area contributed by atoms with Gasteiger partial charge in [-0.05, 0) is 57.8 Å². The zero-order valence-electron chi connectivity index (χ0n) is 27.9. The van der Waals surface area contributed by atoms with E-state index in [1.54, 1.807) is 0 Å². The minimum absolute atomic E-state index is 0.118. The van der Waals surface area contributed by atoms with Gasteiger partial charge in [0.05, 0.1) is 22.4 Å². The topological polar surface area (TPSA) is 30.7 Å². The molecule has 0 saturated carbocycles. The molecule has 0 saturated heterocycles. The van der Waals surface area contributed by atoms with Crippen LogP contribution in [0.25, 0.3) is 83.3 Å². The van der Waals surface area contributed by atoms with Gasteiger partial charge in [-0.3, -0.25) is 0 Å². The summed E-state index contributed by atoms with van der Waals surface area (Å²) in [6, 6.07) is 58.7. The van der Waals surface area contributed by atoms with Gasteiger partial charge < -0.3 is 4.57 Å². The standard InChI is InChI=1S/C47H33N3/c1-47(2)38-24-11-9-23-36(38)44-43-33(20-14-25-39(43)47)28-37-35-22-10-12-26-42(35)50(45(37)44)34-21-13-19-32(27-34)41-29-40(30-15-5-3-6-16-30)48-46(49-41)31-17-7-4-8-18-31/h3-29H,1-2H3. The van der Waals surface area contributed by atoms with E-state index in [4.69, 9.17) is 9.97 Å². The van der Waals surface area contributed by atoms with Crippen LogP contribution in [-0.2, 0) is 5.41 Å². The minimum Gasteiger partial charge on any atom is -0.309 e. The second kappa shape index (κ2) is 10.8. The van der Waals surface area contributed by atoms with Gasteiger partial charge in [-0.15, -0.1) is 0 Å². The van der Waals surface area contributed by atoms with Crippen LogP contribution in [0.2, 0.25) is 0 Å². The predicted octanol–water partition coefficient (Wildman–Crippen LogP) is 12.0. The molecule has 50 heavy (non-hydrogen) atoms. The molecular formula is C47H33N3. The third-order valence-electron chi connectivity index (χ3n) is 10.6. The molecule has 9 aromatic rings. The molecule has 1 aliphatic carbocycles. The summed E-state index contributed by atoms with van der Waals surface area (Å²) in [6.07, 6.45) is 0. The zero-order valence-corrected chi connectivity index (χ0v) is 27.9. The van der Waals surface area contributed by atoms with Gasteiger partial charge in [0.1, 0.15) is 0 Å². The molecule has 0 unspecified atom stereocenters. The van der Waals surface area contributed by atoms with Gasteiger partial charge in [-0.25, -0.2) is 9.97 Å². The van der Waals surface area contributed by atoms with Gasteiger partial charge in [-0.1, -0.05) is 147 Å². The summed E-state index contributed by atoms with van der Waals surface area (Å²) >= 11 is 0. The number of para-hydroxylation sites is 1. The Kier molecular flexibility index (Phi) is 6.22. The molecule has 0 atom stereocenters. The Bertz CT molecular complexity index is 2720. The third kappa shape index (κ3) is 4.23. The van der Waals surface area contributed by atoms with Crippen molar-refractivity contribution in [1.29, 1.82) is 0 Å². The number of fused-ring (bicyclic) bond motifs is 6. The van der Waals surface area contributed by atoms with Crippen LogP contribution in [0.1, 0.15) is 25.0 Å². The average molecular weight is 640 g/mol. The fourth-order valence-electron chi connectivity index (χ4n) is 8.22. The van der Waals surface area contributed by atoms with Gasteiger partial charge in [-0.2, -0.15) is 0 Å². The van der Waals surface area contributed by atoms with Crippen LogP contribution < -0.4 is 0 Å². The Balaban J connectivity index is 1.27. The van der Waals surface area contributed by atoms with Gasteiger partial charge in [0.2, 0.25) is 0 Å². The first kappa shape index (κ1) is 28.7. The quantitative estimate of drug-likeness (QED) is 0.192. The van der Waals surface area contributed by atoms with E-state index < -0.39 is 0 Å². The highest BCUT2D eigenvalue weighted by molar-refractivity contribution is 6.23. The lowest BCUT2D eigenvalue weighted by atomic mass is 9.68. The Labute approximate surface area is 291 Å². The third-order valence-corrected chi connectivity index (χ3v) is 10.6. The molecule has 0 N–H and O–H groups in total. The first-order valence-corrected chi connectivity index (χ1v) is 17.3. The summed E-state index contributed by atoms with van der Waals surface area (Å²) < 4.78 is 2.48. The lowest BCUT2D eigenvalue weighted by Crippen LogP contribution is -2.23. The fourth-order valence-corrected chi connectivity index (χ4v) is 8.22. The second-order valence-electron chi connectivity index (χ2n) is 13.8. The highest BCUT2D eigenvalue weighted by atomic mass is 15.0. The summed E-state index contributed by atoms with van der Waals surface area (Å²) in [5, 5.41) is 5.14. The van der Waals surface area contributed by atoms with E-state index >= 15 is 0 Å². The lowest BCUT2D eigenvalue weighted by Gasteiger charge is -2.35. The smallest absolute Gasteiger partial charge is 0.160 e. The van der Waals surface area contributed by atoms with Crippen molar-refractivity contribution in [3.8, 4) is 50.7 Å². The summed E-state index contributed by atoms with van der Waals surface area (Å²) in [4.78, 5) is 10.2. The van der Waals surface area contributed by atoms with E-state index in [-0.39, 0.29) is 5.41 Å². The summed E-state index contributed by atoms with van der Waals surface area (Å²) in [7, 11) is 0. The SMILES string of the molecule is CC1(C)c2ccccc2-c2c3c1cccc3cc1c3ccccc3n(-c3cccc(-c4cc(-c5ccccc5)nc(-c5ccccc5)n4)c3)c21. The molecule has 7 aromatic carbocycles. The maximum Gasteiger partial charge on any atom is 0.160 e. The summed E-state index contributed by atoms with van der Waals surface area (Å²) in [6.45, 7) is 4.73. The molecule has 3 nitrogen and oxygen atoms in total. The van der Waals surface area contributed by atoms with E-state index in [1.807, 2.05) is 24.3 Å². The Morgan fingerprint density at radius 3 is 1.96 bits per heavy atom. The predicted molar refractivity (Wildman–Crippen MR) is 208 cm³/mol. The van der Waals surface area contributed by atoms with Crippen molar-refractivity contribution in [3.05, 3.63) is 175 Å². The van der Waals surface area contributed by atoms with E-state index in [1.165, 1.54) is 54.8 Å². The normalized spacial score (nSPS) is 13.2. The van der Waals surface area contributed by atoms with Crippen molar-refractivity contribution in [1.82, 2.24) is 14.5 Å². The summed E-state index contributed by atoms with van der Waals surface area (Å²) in [5.74, 6) is 0.715. The van der Waals surface area contributed by atoms with Crippen LogP contribution in [0.4, 0.5) is 0 Å². The first-order chi connectivity index (χ1) is 24.6. The van der Waals surface area contributed by atoms with E-state index in [9.17, 15) is 0 Å². The molecule has 236 valence electrons. The van der Waals surface area contributed by atoms with Crippen LogP contribution in [0.3, 0.4) is 0 Å². The Morgan fingerprint density at radius 2 is 1.14 bits per heavy atom. The molecule has 0 bridgehead atoms. The van der Waals surface area contributed by atoms with Crippen molar-refractivity contribution < 1.29 is 0 Å². The largest absolute Gasteiger partial charge is 0.309 e. The maximum atomic E-state index is 5.17. The first-order valence-electron chi connectivity index (χ1n) is 17.3. The number of benzene rings is 7.